The van der Waals surface area contributed by atoms with Crippen LogP contribution >= 0.6 is 23.4 Å². The van der Waals surface area contributed by atoms with Gasteiger partial charge in [0.25, 0.3) is 5.91 Å². The highest BCUT2D eigenvalue weighted by atomic mass is 35.5. The van der Waals surface area contributed by atoms with E-state index in [0.29, 0.717) is 16.6 Å². The smallest absolute Gasteiger partial charge is 0.255 e. The van der Waals surface area contributed by atoms with Gasteiger partial charge in [-0.2, -0.15) is 0 Å². The lowest BCUT2D eigenvalue weighted by Crippen LogP contribution is -2.47. The van der Waals surface area contributed by atoms with Crippen molar-refractivity contribution in [3.63, 3.8) is 0 Å². The van der Waals surface area contributed by atoms with Crippen molar-refractivity contribution in [1.29, 1.82) is 0 Å². The Labute approximate surface area is 123 Å². The van der Waals surface area contributed by atoms with E-state index in [-0.39, 0.29) is 5.91 Å². The number of carbonyl (C=O) groups is 1. The molecule has 1 heterocycles. The van der Waals surface area contributed by atoms with Gasteiger partial charge >= 0.3 is 0 Å². The summed E-state index contributed by atoms with van der Waals surface area (Å²) >= 11 is 7.78. The van der Waals surface area contributed by atoms with E-state index in [0.717, 1.165) is 30.8 Å². The highest BCUT2D eigenvalue weighted by molar-refractivity contribution is 7.98. The molecule has 5 heteroatoms. The van der Waals surface area contributed by atoms with E-state index in [2.05, 4.69) is 5.32 Å². The minimum absolute atomic E-state index is 0.0425. The van der Waals surface area contributed by atoms with Gasteiger partial charge in [-0.1, -0.05) is 11.6 Å². The maximum atomic E-state index is 12.6. The molecule has 0 bridgehead atoms. The summed E-state index contributed by atoms with van der Waals surface area (Å²) in [7, 11) is 1.94. The number of likely N-dealkylation sites (N-methyl/N-ethyl adjacent to an activating group) is 1. The highest BCUT2D eigenvalue weighted by Crippen LogP contribution is 2.25. The molecule has 1 fully saturated rings. The van der Waals surface area contributed by atoms with Crippen LogP contribution in [-0.4, -0.2) is 43.2 Å². The second-order valence-corrected chi connectivity index (χ2v) is 6.01. The molecule has 1 aromatic rings. The monoisotopic (exact) mass is 298 g/mol. The van der Waals surface area contributed by atoms with Crippen molar-refractivity contribution in [2.75, 3.05) is 26.4 Å². The maximum Gasteiger partial charge on any atom is 0.255 e. The Morgan fingerprint density at radius 3 is 3.00 bits per heavy atom. The minimum atomic E-state index is 0.0425. The summed E-state index contributed by atoms with van der Waals surface area (Å²) in [4.78, 5) is 15.5. The van der Waals surface area contributed by atoms with Crippen LogP contribution in [0, 0.1) is 0 Å². The Morgan fingerprint density at radius 1 is 1.53 bits per heavy atom. The van der Waals surface area contributed by atoms with Crippen LogP contribution in [0.25, 0.3) is 0 Å². The SMILES string of the molecule is CNC1CCCN(C(=O)c2cc(SC)ccc2Cl)C1. The highest BCUT2D eigenvalue weighted by Gasteiger charge is 2.24. The number of nitrogens with one attached hydrogen (secondary N) is 1. The van der Waals surface area contributed by atoms with Crippen LogP contribution in [-0.2, 0) is 0 Å². The molecule has 1 aliphatic heterocycles. The van der Waals surface area contributed by atoms with Crippen LogP contribution in [0.15, 0.2) is 23.1 Å². The van der Waals surface area contributed by atoms with Crippen molar-refractivity contribution in [3.8, 4) is 0 Å². The molecule has 19 heavy (non-hydrogen) atoms. The number of amides is 1. The molecule has 2 rings (SSSR count). The summed E-state index contributed by atoms with van der Waals surface area (Å²) in [5.41, 5.74) is 0.616. The maximum absolute atomic E-state index is 12.6. The summed E-state index contributed by atoms with van der Waals surface area (Å²) in [6, 6.07) is 6.02. The minimum Gasteiger partial charge on any atom is -0.337 e. The van der Waals surface area contributed by atoms with Gasteiger partial charge in [-0.25, -0.2) is 0 Å². The van der Waals surface area contributed by atoms with E-state index < -0.39 is 0 Å². The number of hydrogen-bond acceptors (Lipinski definition) is 3. The third-order valence-electron chi connectivity index (χ3n) is 3.52. The van der Waals surface area contributed by atoms with Crippen LogP contribution in [0.2, 0.25) is 5.02 Å². The summed E-state index contributed by atoms with van der Waals surface area (Å²) < 4.78 is 0. The fourth-order valence-corrected chi connectivity index (χ4v) is 3.00. The van der Waals surface area contributed by atoms with E-state index in [1.165, 1.54) is 0 Å². The number of rotatable bonds is 3. The Morgan fingerprint density at radius 2 is 2.32 bits per heavy atom. The van der Waals surface area contributed by atoms with Crippen molar-refractivity contribution in [2.24, 2.45) is 0 Å². The normalized spacial score (nSPS) is 19.5. The van der Waals surface area contributed by atoms with Gasteiger partial charge in [-0.05, 0) is 44.3 Å². The number of piperidine rings is 1. The first-order valence-corrected chi connectivity index (χ1v) is 8.06. The number of carbonyl (C=O) groups excluding carboxylic acids is 1. The Kier molecular flexibility index (Phi) is 5.13. The molecular weight excluding hydrogens is 280 g/mol. The van der Waals surface area contributed by atoms with Gasteiger partial charge in [-0.3, -0.25) is 4.79 Å². The van der Waals surface area contributed by atoms with Crippen molar-refractivity contribution in [2.45, 2.75) is 23.8 Å². The molecule has 1 atom stereocenters. The van der Waals surface area contributed by atoms with Crippen LogP contribution < -0.4 is 5.32 Å². The lowest BCUT2D eigenvalue weighted by molar-refractivity contribution is 0.0698. The zero-order chi connectivity index (χ0) is 13.8. The zero-order valence-corrected chi connectivity index (χ0v) is 12.9. The molecule has 1 aliphatic rings. The molecule has 0 spiro atoms. The predicted octanol–water partition coefficient (Wildman–Crippen LogP) is 2.89. The quantitative estimate of drug-likeness (QED) is 0.871. The fraction of sp³-hybridized carbons (Fsp3) is 0.500. The molecule has 1 amide bonds. The molecule has 104 valence electrons. The van der Waals surface area contributed by atoms with Crippen LogP contribution in [0.3, 0.4) is 0 Å². The third kappa shape index (κ3) is 3.44. The molecule has 0 aliphatic carbocycles. The van der Waals surface area contributed by atoms with Crippen molar-refractivity contribution < 1.29 is 4.79 Å². The molecule has 1 saturated heterocycles. The molecule has 0 saturated carbocycles. The van der Waals surface area contributed by atoms with Gasteiger partial charge in [0.1, 0.15) is 0 Å². The molecule has 3 nitrogen and oxygen atoms in total. The number of thioether (sulfide) groups is 1. The van der Waals surface area contributed by atoms with E-state index >= 15 is 0 Å². The Balaban J connectivity index is 2.18. The van der Waals surface area contributed by atoms with Gasteiger partial charge in [0.15, 0.2) is 0 Å². The first-order chi connectivity index (χ1) is 9.15. The second kappa shape index (κ2) is 6.64. The molecular formula is C14H19ClN2OS. The van der Waals surface area contributed by atoms with E-state index in [9.17, 15) is 4.79 Å². The first kappa shape index (κ1) is 14.7. The summed E-state index contributed by atoms with van der Waals surface area (Å²) in [6.07, 6.45) is 4.16. The van der Waals surface area contributed by atoms with Crippen molar-refractivity contribution in [1.82, 2.24) is 10.2 Å². The summed E-state index contributed by atoms with van der Waals surface area (Å²) in [6.45, 7) is 1.58. The van der Waals surface area contributed by atoms with Gasteiger partial charge in [0.2, 0.25) is 0 Å². The molecule has 1 aromatic carbocycles. The van der Waals surface area contributed by atoms with Crippen molar-refractivity contribution in [3.05, 3.63) is 28.8 Å². The third-order valence-corrected chi connectivity index (χ3v) is 4.58. The second-order valence-electron chi connectivity index (χ2n) is 4.72. The average molecular weight is 299 g/mol. The topological polar surface area (TPSA) is 32.3 Å². The fourth-order valence-electron chi connectivity index (χ4n) is 2.36. The first-order valence-electron chi connectivity index (χ1n) is 6.45. The summed E-state index contributed by atoms with van der Waals surface area (Å²) in [5.74, 6) is 0.0425. The molecule has 0 aromatic heterocycles. The van der Waals surface area contributed by atoms with Gasteiger partial charge in [-0.15, -0.1) is 11.8 Å². The number of likely N-dealkylation sites (tertiary alicyclic amines) is 1. The molecule has 0 radical (unpaired) electrons. The Hall–Kier alpha value is -0.710. The summed E-state index contributed by atoms with van der Waals surface area (Å²) in [5, 5.41) is 3.78. The number of halogens is 1. The number of nitrogens with zero attached hydrogens (tertiary/aromatic N) is 1. The van der Waals surface area contributed by atoms with Gasteiger partial charge < -0.3 is 10.2 Å². The Bertz CT molecular complexity index is 467. The van der Waals surface area contributed by atoms with Gasteiger partial charge in [0.05, 0.1) is 10.6 Å². The van der Waals surface area contributed by atoms with E-state index in [1.807, 2.05) is 30.3 Å². The van der Waals surface area contributed by atoms with Crippen LogP contribution in [0.4, 0.5) is 0 Å². The van der Waals surface area contributed by atoms with Crippen LogP contribution in [0.5, 0.6) is 0 Å². The lowest BCUT2D eigenvalue weighted by atomic mass is 10.0. The van der Waals surface area contributed by atoms with Gasteiger partial charge in [0, 0.05) is 24.0 Å². The largest absolute Gasteiger partial charge is 0.337 e. The van der Waals surface area contributed by atoms with Crippen LogP contribution in [0.1, 0.15) is 23.2 Å². The number of hydrogen-bond donors (Lipinski definition) is 1. The number of benzene rings is 1. The van der Waals surface area contributed by atoms with E-state index in [1.54, 1.807) is 17.8 Å². The molecule has 1 unspecified atom stereocenters. The molecule has 1 N–H and O–H groups in total. The van der Waals surface area contributed by atoms with Crippen molar-refractivity contribution >= 4 is 29.3 Å². The van der Waals surface area contributed by atoms with E-state index in [4.69, 9.17) is 11.6 Å². The average Bonchev–Trinajstić information content (AvgIpc) is 2.47. The standard InChI is InChI=1S/C14H19ClN2OS/c1-16-10-4-3-7-17(9-10)14(18)12-8-11(19-2)5-6-13(12)15/h5-6,8,10,16H,3-4,7,9H2,1-2H3. The lowest BCUT2D eigenvalue weighted by Gasteiger charge is -2.32. The predicted molar refractivity (Wildman–Crippen MR) is 81.2 cm³/mol. The zero-order valence-electron chi connectivity index (χ0n) is 11.3.